The molecule has 8 heteroatoms. The average molecular weight is 423 g/mol. The summed E-state index contributed by atoms with van der Waals surface area (Å²) in [7, 11) is 0. The molecule has 0 fully saturated rings. The van der Waals surface area contributed by atoms with Crippen LogP contribution in [0, 0.1) is 0 Å². The summed E-state index contributed by atoms with van der Waals surface area (Å²) in [5, 5.41) is 7.38. The molecule has 2 aromatic rings. The van der Waals surface area contributed by atoms with Crippen LogP contribution in [0.4, 0.5) is 10.5 Å². The van der Waals surface area contributed by atoms with Gasteiger partial charge in [0.2, 0.25) is 5.91 Å². The van der Waals surface area contributed by atoms with E-state index in [1.807, 2.05) is 6.07 Å². The lowest BCUT2D eigenvalue weighted by molar-refractivity contribution is -0.115. The SMILES string of the molecule is O=C(Cc1ccc(Cl)cc1Br)Nc1ccc(C2=NNC(=O)OC2)cc1. The number of halogens is 2. The molecular formula is C17H13BrClN3O3. The Hall–Kier alpha value is -2.38. The number of cyclic esters (lactones) is 1. The average Bonchev–Trinajstić information content (AvgIpc) is 2.59. The molecule has 0 bridgehead atoms. The van der Waals surface area contributed by atoms with Crippen molar-refractivity contribution in [2.75, 3.05) is 11.9 Å². The first-order valence-corrected chi connectivity index (χ1v) is 8.52. The summed E-state index contributed by atoms with van der Waals surface area (Å²) in [4.78, 5) is 23.1. The van der Waals surface area contributed by atoms with Crippen LogP contribution in [0.2, 0.25) is 5.02 Å². The van der Waals surface area contributed by atoms with Gasteiger partial charge in [-0.15, -0.1) is 0 Å². The first kappa shape index (κ1) is 17.4. The number of hydrazone groups is 1. The molecule has 0 radical (unpaired) electrons. The quantitative estimate of drug-likeness (QED) is 0.788. The van der Waals surface area contributed by atoms with Gasteiger partial charge in [-0.05, 0) is 29.8 Å². The fourth-order valence-corrected chi connectivity index (χ4v) is 3.07. The zero-order chi connectivity index (χ0) is 17.8. The molecule has 0 aliphatic carbocycles. The van der Waals surface area contributed by atoms with Crippen LogP contribution in [-0.4, -0.2) is 24.3 Å². The first-order valence-electron chi connectivity index (χ1n) is 7.35. The van der Waals surface area contributed by atoms with Gasteiger partial charge in [0.1, 0.15) is 12.3 Å². The van der Waals surface area contributed by atoms with Gasteiger partial charge < -0.3 is 10.1 Å². The number of benzene rings is 2. The molecule has 0 saturated carbocycles. The maximum absolute atomic E-state index is 12.2. The molecule has 0 atom stereocenters. The van der Waals surface area contributed by atoms with E-state index in [0.717, 1.165) is 15.6 Å². The second-order valence-electron chi connectivity index (χ2n) is 5.28. The zero-order valence-corrected chi connectivity index (χ0v) is 15.2. The molecule has 1 aliphatic rings. The van der Waals surface area contributed by atoms with Crippen molar-refractivity contribution in [3.8, 4) is 0 Å². The van der Waals surface area contributed by atoms with E-state index in [4.69, 9.17) is 16.3 Å². The molecule has 25 heavy (non-hydrogen) atoms. The molecule has 1 aliphatic heterocycles. The number of rotatable bonds is 4. The lowest BCUT2D eigenvalue weighted by atomic mass is 10.1. The van der Waals surface area contributed by atoms with Crippen molar-refractivity contribution >= 4 is 50.9 Å². The summed E-state index contributed by atoms with van der Waals surface area (Å²) in [5.74, 6) is -0.138. The van der Waals surface area contributed by atoms with Gasteiger partial charge in [-0.2, -0.15) is 5.10 Å². The van der Waals surface area contributed by atoms with E-state index in [1.165, 1.54) is 0 Å². The van der Waals surface area contributed by atoms with Gasteiger partial charge in [0.15, 0.2) is 0 Å². The van der Waals surface area contributed by atoms with E-state index in [9.17, 15) is 9.59 Å². The highest BCUT2D eigenvalue weighted by Gasteiger charge is 2.14. The minimum absolute atomic E-state index is 0.113. The van der Waals surface area contributed by atoms with Crippen molar-refractivity contribution in [1.29, 1.82) is 0 Å². The summed E-state index contributed by atoms with van der Waals surface area (Å²) in [6, 6.07) is 12.4. The third-order valence-electron chi connectivity index (χ3n) is 3.49. The molecule has 2 N–H and O–H groups in total. The Balaban J connectivity index is 1.63. The van der Waals surface area contributed by atoms with Crippen LogP contribution in [0.15, 0.2) is 52.0 Å². The molecule has 2 amide bonds. The van der Waals surface area contributed by atoms with Crippen LogP contribution in [0.5, 0.6) is 0 Å². The van der Waals surface area contributed by atoms with Gasteiger partial charge in [-0.25, -0.2) is 10.2 Å². The third-order valence-corrected chi connectivity index (χ3v) is 4.46. The number of carbonyl (C=O) groups excluding carboxylic acids is 2. The number of anilines is 1. The van der Waals surface area contributed by atoms with Crippen molar-refractivity contribution in [3.05, 3.63) is 63.1 Å². The van der Waals surface area contributed by atoms with Gasteiger partial charge in [0.25, 0.3) is 0 Å². The predicted octanol–water partition coefficient (Wildman–Crippen LogP) is 3.73. The number of nitrogens with one attached hydrogen (secondary N) is 2. The Morgan fingerprint density at radius 3 is 2.68 bits per heavy atom. The van der Waals surface area contributed by atoms with Crippen LogP contribution in [-0.2, 0) is 16.0 Å². The molecular weight excluding hydrogens is 410 g/mol. The summed E-state index contributed by atoms with van der Waals surface area (Å²) in [6.07, 6.45) is -0.340. The van der Waals surface area contributed by atoms with Crippen molar-refractivity contribution < 1.29 is 14.3 Å². The fourth-order valence-electron chi connectivity index (χ4n) is 2.25. The standard InChI is InChI=1S/C17H13BrClN3O3/c18-14-8-12(19)4-1-11(14)7-16(23)20-13-5-2-10(3-6-13)15-9-25-17(24)22-21-15/h1-6,8H,7,9H2,(H,20,23)(H,22,24). The monoisotopic (exact) mass is 421 g/mol. The Morgan fingerprint density at radius 1 is 1.28 bits per heavy atom. The second kappa shape index (κ2) is 7.67. The maximum atomic E-state index is 12.2. The lowest BCUT2D eigenvalue weighted by Gasteiger charge is -2.13. The van der Waals surface area contributed by atoms with Gasteiger partial charge in [0, 0.05) is 20.7 Å². The van der Waals surface area contributed by atoms with Gasteiger partial charge >= 0.3 is 6.09 Å². The summed E-state index contributed by atoms with van der Waals surface area (Å²) in [5.41, 5.74) is 5.19. The minimum Gasteiger partial charge on any atom is -0.442 e. The smallest absolute Gasteiger partial charge is 0.428 e. The van der Waals surface area contributed by atoms with Crippen molar-refractivity contribution in [1.82, 2.24) is 5.43 Å². The molecule has 0 unspecified atom stereocenters. The number of hydrogen-bond acceptors (Lipinski definition) is 4. The first-order chi connectivity index (χ1) is 12.0. The molecule has 3 rings (SSSR count). The van der Waals surface area contributed by atoms with Crippen LogP contribution in [0.1, 0.15) is 11.1 Å². The van der Waals surface area contributed by atoms with Crippen LogP contribution < -0.4 is 10.7 Å². The second-order valence-corrected chi connectivity index (χ2v) is 6.58. The number of ether oxygens (including phenoxy) is 1. The van der Waals surface area contributed by atoms with E-state index in [1.54, 1.807) is 36.4 Å². The van der Waals surface area contributed by atoms with E-state index in [2.05, 4.69) is 31.8 Å². The van der Waals surface area contributed by atoms with Gasteiger partial charge in [-0.1, -0.05) is 45.7 Å². The minimum atomic E-state index is -0.569. The summed E-state index contributed by atoms with van der Waals surface area (Å²) >= 11 is 9.30. The highest BCUT2D eigenvalue weighted by Crippen LogP contribution is 2.22. The summed E-state index contributed by atoms with van der Waals surface area (Å²) in [6.45, 7) is 0.113. The highest BCUT2D eigenvalue weighted by molar-refractivity contribution is 9.10. The summed E-state index contributed by atoms with van der Waals surface area (Å²) < 4.78 is 5.66. The van der Waals surface area contributed by atoms with Crippen LogP contribution in [0.3, 0.4) is 0 Å². The van der Waals surface area contributed by atoms with Crippen molar-refractivity contribution in [2.45, 2.75) is 6.42 Å². The lowest BCUT2D eigenvalue weighted by Crippen LogP contribution is -2.30. The van der Waals surface area contributed by atoms with Crippen molar-refractivity contribution in [2.24, 2.45) is 5.10 Å². The zero-order valence-electron chi connectivity index (χ0n) is 12.9. The number of carbonyl (C=O) groups is 2. The van der Waals surface area contributed by atoms with E-state index < -0.39 is 6.09 Å². The highest BCUT2D eigenvalue weighted by atomic mass is 79.9. The third kappa shape index (κ3) is 4.58. The van der Waals surface area contributed by atoms with Crippen molar-refractivity contribution in [3.63, 3.8) is 0 Å². The Bertz CT molecular complexity index is 853. The van der Waals surface area contributed by atoms with E-state index in [-0.39, 0.29) is 18.9 Å². The van der Waals surface area contributed by atoms with E-state index >= 15 is 0 Å². The van der Waals surface area contributed by atoms with E-state index in [0.29, 0.717) is 16.4 Å². The van der Waals surface area contributed by atoms with Gasteiger partial charge in [-0.3, -0.25) is 4.79 Å². The predicted molar refractivity (Wildman–Crippen MR) is 98.9 cm³/mol. The molecule has 0 aromatic heterocycles. The normalized spacial score (nSPS) is 13.5. The molecule has 1 heterocycles. The Kier molecular flexibility index (Phi) is 5.35. The number of amides is 2. The topological polar surface area (TPSA) is 79.8 Å². The Labute approximate surface area is 157 Å². The Morgan fingerprint density at radius 2 is 2.04 bits per heavy atom. The van der Waals surface area contributed by atoms with Crippen LogP contribution in [0.25, 0.3) is 0 Å². The molecule has 0 spiro atoms. The maximum Gasteiger partial charge on any atom is 0.428 e. The fraction of sp³-hybridized carbons (Fsp3) is 0.118. The molecule has 2 aromatic carbocycles. The molecule has 6 nitrogen and oxygen atoms in total. The van der Waals surface area contributed by atoms with Gasteiger partial charge in [0.05, 0.1) is 6.42 Å². The molecule has 128 valence electrons. The molecule has 0 saturated heterocycles. The number of nitrogens with zero attached hydrogens (tertiary/aromatic N) is 1. The number of hydrogen-bond donors (Lipinski definition) is 2. The largest absolute Gasteiger partial charge is 0.442 e. The van der Waals surface area contributed by atoms with Crippen LogP contribution >= 0.6 is 27.5 Å².